The quantitative estimate of drug-likeness (QED) is 0.255. The molecule has 0 aromatic heterocycles. The van der Waals surface area contributed by atoms with Crippen molar-refractivity contribution in [2.45, 2.75) is 66.1 Å². The molecule has 0 saturated heterocycles. The highest BCUT2D eigenvalue weighted by atomic mass is 16.6. The summed E-state index contributed by atoms with van der Waals surface area (Å²) >= 11 is 0. The molecule has 0 heterocycles. The van der Waals surface area contributed by atoms with E-state index < -0.39 is 34.7 Å². The van der Waals surface area contributed by atoms with Gasteiger partial charge in [-0.3, -0.25) is 0 Å². The largest absolute Gasteiger partial charge is 0.463 e. The van der Waals surface area contributed by atoms with Crippen LogP contribution in [0.4, 0.5) is 0 Å². The fourth-order valence-electron chi connectivity index (χ4n) is 1.23. The van der Waals surface area contributed by atoms with Gasteiger partial charge in [-0.15, -0.1) is 0 Å². The highest BCUT2D eigenvalue weighted by Crippen LogP contribution is 2.16. The van der Waals surface area contributed by atoms with Gasteiger partial charge < -0.3 is 14.2 Å². The standard InChI is InChI=1S/C16H26O6/c1-8-9-20-12(17)10-11(13(18)21-15(2,3)4)14(19)22-16(5,6)7/h10H,8-9H2,1-7H3. The van der Waals surface area contributed by atoms with Crippen LogP contribution in [0.25, 0.3) is 0 Å². The monoisotopic (exact) mass is 314 g/mol. The fourth-order valence-corrected chi connectivity index (χ4v) is 1.23. The molecule has 0 unspecified atom stereocenters. The number of hydrogen-bond donors (Lipinski definition) is 0. The van der Waals surface area contributed by atoms with Crippen molar-refractivity contribution in [3.8, 4) is 0 Å². The summed E-state index contributed by atoms with van der Waals surface area (Å²) in [7, 11) is 0. The minimum absolute atomic E-state index is 0.200. The average Bonchev–Trinajstić information content (AvgIpc) is 2.28. The van der Waals surface area contributed by atoms with E-state index in [4.69, 9.17) is 14.2 Å². The van der Waals surface area contributed by atoms with Crippen LogP contribution in [0.1, 0.15) is 54.9 Å². The lowest BCUT2D eigenvalue weighted by Crippen LogP contribution is -2.32. The third kappa shape index (κ3) is 9.15. The van der Waals surface area contributed by atoms with Gasteiger partial charge in [0, 0.05) is 6.08 Å². The zero-order chi connectivity index (χ0) is 17.6. The van der Waals surface area contributed by atoms with Gasteiger partial charge >= 0.3 is 17.9 Å². The van der Waals surface area contributed by atoms with Gasteiger partial charge in [-0.25, -0.2) is 14.4 Å². The Morgan fingerprint density at radius 1 is 0.864 bits per heavy atom. The molecular weight excluding hydrogens is 288 g/mol. The third-order valence-electron chi connectivity index (χ3n) is 1.95. The minimum atomic E-state index is -0.921. The van der Waals surface area contributed by atoms with Crippen molar-refractivity contribution >= 4 is 17.9 Å². The first kappa shape index (κ1) is 20.1. The number of esters is 3. The third-order valence-corrected chi connectivity index (χ3v) is 1.95. The van der Waals surface area contributed by atoms with E-state index in [0.717, 1.165) is 6.08 Å². The van der Waals surface area contributed by atoms with Crippen LogP contribution < -0.4 is 0 Å². The first-order valence-electron chi connectivity index (χ1n) is 7.21. The molecule has 0 fully saturated rings. The van der Waals surface area contributed by atoms with Gasteiger partial charge in [0.15, 0.2) is 5.57 Å². The molecule has 0 aliphatic carbocycles. The SMILES string of the molecule is CCCOC(=O)C=C(C(=O)OC(C)(C)C)C(=O)OC(C)(C)C. The van der Waals surface area contributed by atoms with E-state index in [9.17, 15) is 14.4 Å². The second kappa shape index (κ2) is 7.96. The van der Waals surface area contributed by atoms with Crippen molar-refractivity contribution in [2.24, 2.45) is 0 Å². The Hall–Kier alpha value is -1.85. The first-order valence-corrected chi connectivity index (χ1v) is 7.21. The number of carbonyl (C=O) groups excluding carboxylic acids is 3. The lowest BCUT2D eigenvalue weighted by atomic mass is 10.1. The Balaban J connectivity index is 5.31. The maximum absolute atomic E-state index is 12.1. The molecule has 0 rings (SSSR count). The summed E-state index contributed by atoms with van der Waals surface area (Å²) < 4.78 is 15.1. The lowest BCUT2D eigenvalue weighted by Gasteiger charge is -2.23. The fraction of sp³-hybridized carbons (Fsp3) is 0.688. The van der Waals surface area contributed by atoms with Gasteiger partial charge in [0.05, 0.1) is 6.61 Å². The van der Waals surface area contributed by atoms with E-state index in [-0.39, 0.29) is 6.61 Å². The summed E-state index contributed by atoms with van der Waals surface area (Å²) in [5.74, 6) is -2.63. The van der Waals surface area contributed by atoms with Crippen LogP contribution in [0.15, 0.2) is 11.6 Å². The molecule has 0 N–H and O–H groups in total. The predicted molar refractivity (Wildman–Crippen MR) is 81.0 cm³/mol. The molecule has 0 aliphatic heterocycles. The van der Waals surface area contributed by atoms with E-state index >= 15 is 0 Å². The molecule has 0 radical (unpaired) electrons. The lowest BCUT2D eigenvalue weighted by molar-refractivity contribution is -0.159. The van der Waals surface area contributed by atoms with E-state index in [1.165, 1.54) is 0 Å². The number of ether oxygens (including phenoxy) is 3. The van der Waals surface area contributed by atoms with Crippen molar-refractivity contribution in [1.29, 1.82) is 0 Å². The maximum atomic E-state index is 12.1. The van der Waals surface area contributed by atoms with Crippen LogP contribution >= 0.6 is 0 Å². The zero-order valence-electron chi connectivity index (χ0n) is 14.4. The molecule has 6 heteroatoms. The van der Waals surface area contributed by atoms with Gasteiger partial charge in [0.25, 0.3) is 0 Å². The van der Waals surface area contributed by atoms with Crippen molar-refractivity contribution in [3.05, 3.63) is 11.6 Å². The Morgan fingerprint density at radius 2 is 1.27 bits per heavy atom. The Bertz CT molecular complexity index is 418. The van der Waals surface area contributed by atoms with Gasteiger partial charge in [0.2, 0.25) is 0 Å². The molecule has 0 aromatic carbocycles. The molecule has 0 bridgehead atoms. The molecular formula is C16H26O6. The highest BCUT2D eigenvalue weighted by molar-refractivity contribution is 6.17. The topological polar surface area (TPSA) is 78.9 Å². The van der Waals surface area contributed by atoms with Crippen LogP contribution in [-0.4, -0.2) is 35.7 Å². The second-order valence-corrected chi connectivity index (χ2v) is 6.73. The average molecular weight is 314 g/mol. The van der Waals surface area contributed by atoms with Crippen LogP contribution in [0.5, 0.6) is 0 Å². The minimum Gasteiger partial charge on any atom is -0.463 e. The number of rotatable bonds is 5. The van der Waals surface area contributed by atoms with Crippen LogP contribution in [-0.2, 0) is 28.6 Å². The van der Waals surface area contributed by atoms with Crippen LogP contribution in [0.3, 0.4) is 0 Å². The zero-order valence-corrected chi connectivity index (χ0v) is 14.4. The highest BCUT2D eigenvalue weighted by Gasteiger charge is 2.30. The molecule has 0 spiro atoms. The van der Waals surface area contributed by atoms with Crippen molar-refractivity contribution in [1.82, 2.24) is 0 Å². The molecule has 22 heavy (non-hydrogen) atoms. The van der Waals surface area contributed by atoms with Crippen molar-refractivity contribution < 1.29 is 28.6 Å². The normalized spacial score (nSPS) is 11.4. The van der Waals surface area contributed by atoms with Gasteiger partial charge in [0.1, 0.15) is 11.2 Å². The molecule has 0 amide bonds. The molecule has 0 saturated carbocycles. The van der Waals surface area contributed by atoms with Crippen LogP contribution in [0.2, 0.25) is 0 Å². The Kier molecular flexibility index (Phi) is 7.29. The molecule has 126 valence electrons. The van der Waals surface area contributed by atoms with Crippen LogP contribution in [0, 0.1) is 0 Å². The predicted octanol–water partition coefficient (Wildman–Crippen LogP) is 2.55. The second-order valence-electron chi connectivity index (χ2n) is 6.73. The first-order chi connectivity index (χ1) is 9.85. The van der Waals surface area contributed by atoms with E-state index in [0.29, 0.717) is 6.42 Å². The summed E-state index contributed by atoms with van der Waals surface area (Å²) in [6, 6.07) is 0. The summed E-state index contributed by atoms with van der Waals surface area (Å²) in [5, 5.41) is 0. The molecule has 0 aromatic rings. The summed E-state index contributed by atoms with van der Waals surface area (Å²) in [4.78, 5) is 35.8. The van der Waals surface area contributed by atoms with Crippen molar-refractivity contribution in [3.63, 3.8) is 0 Å². The molecule has 6 nitrogen and oxygen atoms in total. The van der Waals surface area contributed by atoms with Crippen molar-refractivity contribution in [2.75, 3.05) is 6.61 Å². The maximum Gasteiger partial charge on any atom is 0.346 e. The van der Waals surface area contributed by atoms with E-state index in [1.807, 2.05) is 6.92 Å². The van der Waals surface area contributed by atoms with Gasteiger partial charge in [-0.1, -0.05) is 6.92 Å². The van der Waals surface area contributed by atoms with E-state index in [2.05, 4.69) is 0 Å². The summed E-state index contributed by atoms with van der Waals surface area (Å²) in [6.45, 7) is 12.0. The summed E-state index contributed by atoms with van der Waals surface area (Å²) in [5.41, 5.74) is -2.08. The Labute approximate surface area is 131 Å². The smallest absolute Gasteiger partial charge is 0.346 e. The molecule has 0 aliphatic rings. The van der Waals surface area contributed by atoms with Gasteiger partial charge in [-0.05, 0) is 48.0 Å². The number of hydrogen-bond acceptors (Lipinski definition) is 6. The molecule has 0 atom stereocenters. The number of carbonyl (C=O) groups is 3. The van der Waals surface area contributed by atoms with Gasteiger partial charge in [-0.2, -0.15) is 0 Å². The Morgan fingerprint density at radius 3 is 1.59 bits per heavy atom. The van der Waals surface area contributed by atoms with E-state index in [1.54, 1.807) is 41.5 Å². The summed E-state index contributed by atoms with van der Waals surface area (Å²) in [6.07, 6.45) is 1.45.